The smallest absolute Gasteiger partial charge is 0.252 e. The molecular formula is C10H10BrN5O3S. The van der Waals surface area contributed by atoms with E-state index in [0.717, 1.165) is 4.47 Å². The van der Waals surface area contributed by atoms with Crippen molar-refractivity contribution in [2.75, 3.05) is 11.4 Å². The number of rotatable bonds is 2. The summed E-state index contributed by atoms with van der Waals surface area (Å²) in [5, 5.41) is 8.34. The number of nitrogens with zero attached hydrogens (tertiary/aromatic N) is 4. The lowest BCUT2D eigenvalue weighted by atomic mass is 10.4. The van der Waals surface area contributed by atoms with E-state index in [4.69, 9.17) is 5.14 Å². The van der Waals surface area contributed by atoms with Crippen LogP contribution in [0.3, 0.4) is 0 Å². The Morgan fingerprint density at radius 1 is 1.40 bits per heavy atom. The van der Waals surface area contributed by atoms with Crippen molar-refractivity contribution in [3.63, 3.8) is 0 Å². The topological polar surface area (TPSA) is 111 Å². The quantitative estimate of drug-likeness (QED) is 0.803. The Morgan fingerprint density at radius 2 is 2.15 bits per heavy atom. The summed E-state index contributed by atoms with van der Waals surface area (Å²) in [6.07, 6.45) is 1.56. The highest BCUT2D eigenvalue weighted by atomic mass is 79.9. The summed E-state index contributed by atoms with van der Waals surface area (Å²) in [4.78, 5) is 17.3. The number of primary sulfonamides is 1. The Bertz CT molecular complexity index is 802. The summed E-state index contributed by atoms with van der Waals surface area (Å²) >= 11 is 3.31. The van der Waals surface area contributed by atoms with E-state index in [-0.39, 0.29) is 24.8 Å². The van der Waals surface area contributed by atoms with Crippen molar-refractivity contribution >= 4 is 43.5 Å². The highest BCUT2D eigenvalue weighted by Crippen LogP contribution is 2.22. The zero-order chi connectivity index (χ0) is 14.5. The maximum Gasteiger partial charge on any atom is 0.252 e. The number of amides is 1. The number of anilines is 1. The fourth-order valence-corrected chi connectivity index (χ4v) is 3.11. The standard InChI is InChI=1S/C10H10BrN5O3S/c11-6-1-2-8-13-10(14-16(8)4-6)15-5-7(3-9(15)17)20(12,18)19/h1-2,4,7H,3,5H2,(H2,12,18,19). The van der Waals surface area contributed by atoms with E-state index < -0.39 is 15.3 Å². The van der Waals surface area contributed by atoms with Crippen LogP contribution in [0.4, 0.5) is 5.95 Å². The summed E-state index contributed by atoms with van der Waals surface area (Å²) in [7, 11) is -3.75. The Kier molecular flexibility index (Phi) is 3.03. The average molecular weight is 360 g/mol. The molecule has 2 N–H and O–H groups in total. The molecule has 2 aromatic rings. The van der Waals surface area contributed by atoms with Crippen LogP contribution in [0.25, 0.3) is 5.65 Å². The minimum Gasteiger partial charge on any atom is -0.278 e. The highest BCUT2D eigenvalue weighted by Gasteiger charge is 2.38. The molecule has 10 heteroatoms. The Hall–Kier alpha value is -1.52. The molecule has 0 aliphatic carbocycles. The van der Waals surface area contributed by atoms with Crippen LogP contribution in [0.2, 0.25) is 0 Å². The largest absolute Gasteiger partial charge is 0.278 e. The molecule has 3 rings (SSSR count). The first-order chi connectivity index (χ1) is 9.34. The predicted octanol–water partition coefficient (Wildman–Crippen LogP) is -0.114. The molecule has 3 heterocycles. The Morgan fingerprint density at radius 3 is 2.80 bits per heavy atom. The second-order valence-electron chi connectivity index (χ2n) is 4.48. The fourth-order valence-electron chi connectivity index (χ4n) is 2.05. The van der Waals surface area contributed by atoms with E-state index in [9.17, 15) is 13.2 Å². The maximum absolute atomic E-state index is 11.9. The molecule has 1 saturated heterocycles. The fraction of sp³-hybridized carbons (Fsp3) is 0.300. The van der Waals surface area contributed by atoms with Crippen LogP contribution < -0.4 is 10.0 Å². The monoisotopic (exact) mass is 359 g/mol. The van der Waals surface area contributed by atoms with Gasteiger partial charge in [-0.15, -0.1) is 5.10 Å². The van der Waals surface area contributed by atoms with E-state index in [1.54, 1.807) is 18.3 Å². The SMILES string of the molecule is NS(=O)(=O)C1CC(=O)N(c2nc3ccc(Br)cn3n2)C1. The van der Waals surface area contributed by atoms with Crippen LogP contribution >= 0.6 is 15.9 Å². The zero-order valence-corrected chi connectivity index (χ0v) is 12.5. The molecule has 8 nitrogen and oxygen atoms in total. The minimum atomic E-state index is -3.75. The number of sulfonamides is 1. The van der Waals surface area contributed by atoms with Gasteiger partial charge in [-0.3, -0.25) is 9.69 Å². The molecule has 106 valence electrons. The van der Waals surface area contributed by atoms with Crippen LogP contribution in [-0.2, 0) is 14.8 Å². The third-order valence-corrected chi connectivity index (χ3v) is 4.79. The maximum atomic E-state index is 11.9. The molecule has 2 aromatic heterocycles. The number of hydrogen-bond donors (Lipinski definition) is 1. The van der Waals surface area contributed by atoms with Crippen LogP contribution in [0, 0.1) is 0 Å². The van der Waals surface area contributed by atoms with Gasteiger partial charge in [0.05, 0.1) is 0 Å². The van der Waals surface area contributed by atoms with E-state index >= 15 is 0 Å². The molecular weight excluding hydrogens is 350 g/mol. The molecule has 0 radical (unpaired) electrons. The first kappa shape index (κ1) is 13.5. The molecule has 1 aliphatic rings. The summed E-state index contributed by atoms with van der Waals surface area (Å²) in [5.41, 5.74) is 0.565. The van der Waals surface area contributed by atoms with Gasteiger partial charge in [0.1, 0.15) is 5.25 Å². The van der Waals surface area contributed by atoms with Gasteiger partial charge in [-0.05, 0) is 28.1 Å². The van der Waals surface area contributed by atoms with Gasteiger partial charge in [0, 0.05) is 23.6 Å². The number of carbonyl (C=O) groups is 1. The first-order valence-corrected chi connectivity index (χ1v) is 8.09. The normalized spacial score (nSPS) is 20.0. The molecule has 1 amide bonds. The molecule has 0 bridgehead atoms. The lowest BCUT2D eigenvalue weighted by molar-refractivity contribution is -0.117. The van der Waals surface area contributed by atoms with Gasteiger partial charge in [0.2, 0.25) is 15.9 Å². The number of nitrogens with two attached hydrogens (primary N) is 1. The number of hydrogen-bond acceptors (Lipinski definition) is 5. The number of halogens is 1. The van der Waals surface area contributed by atoms with Crippen molar-refractivity contribution in [1.82, 2.24) is 14.6 Å². The first-order valence-electron chi connectivity index (χ1n) is 5.68. The molecule has 1 atom stereocenters. The van der Waals surface area contributed by atoms with E-state index in [1.165, 1.54) is 9.42 Å². The second-order valence-corrected chi connectivity index (χ2v) is 7.24. The second kappa shape index (κ2) is 4.50. The zero-order valence-electron chi connectivity index (χ0n) is 10.1. The minimum absolute atomic E-state index is 0.0181. The lowest BCUT2D eigenvalue weighted by Gasteiger charge is -2.10. The van der Waals surface area contributed by atoms with Crippen molar-refractivity contribution in [2.24, 2.45) is 5.14 Å². The molecule has 0 aromatic carbocycles. The van der Waals surface area contributed by atoms with Crippen LogP contribution in [-0.4, -0.2) is 40.7 Å². The summed E-state index contributed by atoms with van der Waals surface area (Å²) < 4.78 is 25.0. The Labute approximate surface area is 122 Å². The molecule has 1 unspecified atom stereocenters. The Balaban J connectivity index is 1.97. The highest BCUT2D eigenvalue weighted by molar-refractivity contribution is 9.10. The van der Waals surface area contributed by atoms with Crippen LogP contribution in [0.1, 0.15) is 6.42 Å². The molecule has 0 saturated carbocycles. The lowest BCUT2D eigenvalue weighted by Crippen LogP contribution is -2.32. The molecule has 20 heavy (non-hydrogen) atoms. The number of pyridine rings is 1. The van der Waals surface area contributed by atoms with E-state index in [0.29, 0.717) is 5.65 Å². The van der Waals surface area contributed by atoms with Gasteiger partial charge in [-0.25, -0.2) is 18.1 Å². The van der Waals surface area contributed by atoms with E-state index in [2.05, 4.69) is 26.0 Å². The summed E-state index contributed by atoms with van der Waals surface area (Å²) in [5.74, 6) is -0.168. The number of fused-ring (bicyclic) bond motifs is 1. The predicted molar refractivity (Wildman–Crippen MR) is 74.6 cm³/mol. The van der Waals surface area contributed by atoms with Crippen LogP contribution in [0.5, 0.6) is 0 Å². The van der Waals surface area contributed by atoms with Gasteiger partial charge in [-0.1, -0.05) is 0 Å². The third kappa shape index (κ3) is 2.30. The van der Waals surface area contributed by atoms with Crippen molar-refractivity contribution in [2.45, 2.75) is 11.7 Å². The van der Waals surface area contributed by atoms with Gasteiger partial charge in [-0.2, -0.15) is 4.98 Å². The van der Waals surface area contributed by atoms with Gasteiger partial charge < -0.3 is 0 Å². The third-order valence-electron chi connectivity index (χ3n) is 3.08. The van der Waals surface area contributed by atoms with Crippen molar-refractivity contribution in [3.8, 4) is 0 Å². The van der Waals surface area contributed by atoms with Crippen LogP contribution in [0.15, 0.2) is 22.8 Å². The number of aromatic nitrogens is 3. The van der Waals surface area contributed by atoms with Crippen molar-refractivity contribution in [3.05, 3.63) is 22.8 Å². The van der Waals surface area contributed by atoms with Gasteiger partial charge in [0.25, 0.3) is 5.95 Å². The summed E-state index contributed by atoms with van der Waals surface area (Å²) in [6, 6.07) is 3.53. The molecule has 0 spiro atoms. The number of carbonyl (C=O) groups excluding carboxylic acids is 1. The van der Waals surface area contributed by atoms with Gasteiger partial charge >= 0.3 is 0 Å². The van der Waals surface area contributed by atoms with Crippen molar-refractivity contribution < 1.29 is 13.2 Å². The molecule has 1 fully saturated rings. The van der Waals surface area contributed by atoms with Gasteiger partial charge in [0.15, 0.2) is 5.65 Å². The molecule has 1 aliphatic heterocycles. The average Bonchev–Trinajstić information content (AvgIpc) is 2.90. The summed E-state index contributed by atoms with van der Waals surface area (Å²) in [6.45, 7) is -0.0181. The van der Waals surface area contributed by atoms with Crippen molar-refractivity contribution in [1.29, 1.82) is 0 Å². The van der Waals surface area contributed by atoms with E-state index in [1.807, 2.05) is 0 Å².